The molecular formula is C9H11N3S. The zero-order valence-corrected chi connectivity index (χ0v) is 8.21. The summed E-state index contributed by atoms with van der Waals surface area (Å²) in [5, 5.41) is 9.39. The monoisotopic (exact) mass is 193 g/mol. The van der Waals surface area contributed by atoms with Gasteiger partial charge < -0.3 is 5.73 Å². The minimum atomic E-state index is -0.0690. The van der Waals surface area contributed by atoms with Crippen molar-refractivity contribution < 1.29 is 0 Å². The Balaban J connectivity index is 2.73. The van der Waals surface area contributed by atoms with Gasteiger partial charge in [0.1, 0.15) is 0 Å². The Bertz CT molecular complexity index is 319. The molecule has 2 N–H and O–H groups in total. The molecule has 0 fully saturated rings. The van der Waals surface area contributed by atoms with Crippen LogP contribution in [-0.2, 0) is 6.54 Å². The molecule has 0 aliphatic heterocycles. The maximum absolute atomic E-state index is 8.60. The van der Waals surface area contributed by atoms with E-state index in [9.17, 15) is 0 Å². The molecule has 3 nitrogen and oxygen atoms in total. The van der Waals surface area contributed by atoms with Crippen LogP contribution in [0.15, 0.2) is 23.4 Å². The highest BCUT2D eigenvalue weighted by atomic mass is 32.2. The number of nitrogens with zero attached hydrogens (tertiary/aromatic N) is 2. The van der Waals surface area contributed by atoms with Gasteiger partial charge in [0, 0.05) is 12.7 Å². The number of hydrogen-bond donors (Lipinski definition) is 1. The van der Waals surface area contributed by atoms with Gasteiger partial charge in [0.15, 0.2) is 0 Å². The molecule has 1 atom stereocenters. The summed E-state index contributed by atoms with van der Waals surface area (Å²) in [5.41, 5.74) is 6.52. The Hall–Kier alpha value is -1.05. The van der Waals surface area contributed by atoms with Gasteiger partial charge in [-0.3, -0.25) is 0 Å². The zero-order chi connectivity index (χ0) is 9.68. The van der Waals surface area contributed by atoms with Gasteiger partial charge in [-0.1, -0.05) is 11.8 Å². The maximum Gasteiger partial charge on any atom is 0.0975 e. The fourth-order valence-corrected chi connectivity index (χ4v) is 1.61. The van der Waals surface area contributed by atoms with E-state index < -0.39 is 0 Å². The molecule has 0 aliphatic carbocycles. The lowest BCUT2D eigenvalue weighted by Gasteiger charge is -2.02. The van der Waals surface area contributed by atoms with Crippen LogP contribution in [-0.4, -0.2) is 10.2 Å². The van der Waals surface area contributed by atoms with Gasteiger partial charge in [0.05, 0.1) is 16.3 Å². The standard InChI is InChI=1S/C9H11N3S/c1-7(5-10)13-9-4-8(6-11)2-3-12-9/h2-4,7H,6,11H2,1H3. The van der Waals surface area contributed by atoms with Gasteiger partial charge in [-0.05, 0) is 24.6 Å². The van der Waals surface area contributed by atoms with Crippen molar-refractivity contribution in [1.82, 2.24) is 4.98 Å². The maximum atomic E-state index is 8.60. The fraction of sp³-hybridized carbons (Fsp3) is 0.333. The van der Waals surface area contributed by atoms with Crippen LogP contribution < -0.4 is 5.73 Å². The average molecular weight is 193 g/mol. The van der Waals surface area contributed by atoms with Gasteiger partial charge in [0.25, 0.3) is 0 Å². The highest BCUT2D eigenvalue weighted by Crippen LogP contribution is 2.20. The van der Waals surface area contributed by atoms with E-state index in [2.05, 4.69) is 11.1 Å². The van der Waals surface area contributed by atoms with Gasteiger partial charge in [-0.25, -0.2) is 4.98 Å². The Morgan fingerprint density at radius 1 is 1.77 bits per heavy atom. The molecule has 0 saturated carbocycles. The lowest BCUT2D eigenvalue weighted by Crippen LogP contribution is -1.98. The molecule has 0 spiro atoms. The first-order valence-corrected chi connectivity index (χ1v) is 4.85. The lowest BCUT2D eigenvalue weighted by atomic mass is 10.3. The predicted octanol–water partition coefficient (Wildman–Crippen LogP) is 1.54. The fourth-order valence-electron chi connectivity index (χ4n) is 0.849. The third-order valence-corrected chi connectivity index (χ3v) is 2.44. The molecule has 0 saturated heterocycles. The Kier molecular flexibility index (Phi) is 3.74. The molecule has 0 radical (unpaired) electrons. The number of rotatable bonds is 3. The molecule has 1 aromatic rings. The molecule has 13 heavy (non-hydrogen) atoms. The summed E-state index contributed by atoms with van der Waals surface area (Å²) in [6.07, 6.45) is 1.72. The largest absolute Gasteiger partial charge is 0.326 e. The first-order valence-electron chi connectivity index (χ1n) is 3.97. The molecule has 1 aromatic heterocycles. The molecule has 68 valence electrons. The van der Waals surface area contributed by atoms with Crippen LogP contribution >= 0.6 is 11.8 Å². The molecular weight excluding hydrogens is 182 g/mol. The van der Waals surface area contributed by atoms with Gasteiger partial charge in [-0.15, -0.1) is 0 Å². The van der Waals surface area contributed by atoms with Crippen LogP contribution in [0, 0.1) is 11.3 Å². The molecule has 0 bridgehead atoms. The third kappa shape index (κ3) is 3.05. The normalized spacial score (nSPS) is 12.1. The lowest BCUT2D eigenvalue weighted by molar-refractivity contribution is 1.01. The number of aromatic nitrogens is 1. The summed E-state index contributed by atoms with van der Waals surface area (Å²) in [5.74, 6) is 0. The molecule has 0 aromatic carbocycles. The van der Waals surface area contributed by atoms with Crippen LogP contribution in [0.2, 0.25) is 0 Å². The van der Waals surface area contributed by atoms with Crippen molar-refractivity contribution in [3.8, 4) is 6.07 Å². The van der Waals surface area contributed by atoms with Gasteiger partial charge >= 0.3 is 0 Å². The molecule has 1 heterocycles. The Labute approximate surface area is 82.0 Å². The van der Waals surface area contributed by atoms with Crippen molar-refractivity contribution in [3.63, 3.8) is 0 Å². The summed E-state index contributed by atoms with van der Waals surface area (Å²) < 4.78 is 0. The molecule has 0 aliphatic rings. The van der Waals surface area contributed by atoms with Crippen molar-refractivity contribution in [2.24, 2.45) is 5.73 Å². The van der Waals surface area contributed by atoms with Crippen molar-refractivity contribution in [3.05, 3.63) is 23.9 Å². The predicted molar refractivity (Wildman–Crippen MR) is 53.1 cm³/mol. The number of nitrogens with two attached hydrogens (primary N) is 1. The quantitative estimate of drug-likeness (QED) is 0.740. The SMILES string of the molecule is CC(C#N)Sc1cc(CN)ccn1. The first kappa shape index (κ1) is 10.0. The van der Waals surface area contributed by atoms with E-state index in [1.807, 2.05) is 19.1 Å². The van der Waals surface area contributed by atoms with E-state index >= 15 is 0 Å². The van der Waals surface area contributed by atoms with Crippen LogP contribution in [0.25, 0.3) is 0 Å². The minimum absolute atomic E-state index is 0.0690. The highest BCUT2D eigenvalue weighted by molar-refractivity contribution is 8.00. The van der Waals surface area contributed by atoms with E-state index in [0.29, 0.717) is 6.54 Å². The summed E-state index contributed by atoms with van der Waals surface area (Å²) in [7, 11) is 0. The average Bonchev–Trinajstić information content (AvgIpc) is 2.18. The van der Waals surface area contributed by atoms with E-state index in [1.54, 1.807) is 6.20 Å². The van der Waals surface area contributed by atoms with Gasteiger partial charge in [-0.2, -0.15) is 5.26 Å². The minimum Gasteiger partial charge on any atom is -0.326 e. The molecule has 1 rings (SSSR count). The second-order valence-corrected chi connectivity index (χ2v) is 3.96. The summed E-state index contributed by atoms with van der Waals surface area (Å²) in [6.45, 7) is 2.36. The summed E-state index contributed by atoms with van der Waals surface area (Å²) in [4.78, 5) is 4.13. The summed E-state index contributed by atoms with van der Waals surface area (Å²) >= 11 is 1.45. The smallest absolute Gasteiger partial charge is 0.0975 e. The van der Waals surface area contributed by atoms with Crippen LogP contribution in [0.5, 0.6) is 0 Å². The molecule has 1 unspecified atom stereocenters. The number of pyridine rings is 1. The van der Waals surface area contributed by atoms with Crippen molar-refractivity contribution in [2.75, 3.05) is 0 Å². The van der Waals surface area contributed by atoms with Crippen molar-refractivity contribution >= 4 is 11.8 Å². The Morgan fingerprint density at radius 3 is 3.15 bits per heavy atom. The number of nitriles is 1. The van der Waals surface area contributed by atoms with Crippen LogP contribution in [0.3, 0.4) is 0 Å². The molecule has 0 amide bonds. The number of hydrogen-bond acceptors (Lipinski definition) is 4. The Morgan fingerprint density at radius 2 is 2.54 bits per heavy atom. The van der Waals surface area contributed by atoms with Crippen LogP contribution in [0.4, 0.5) is 0 Å². The zero-order valence-electron chi connectivity index (χ0n) is 7.40. The summed E-state index contributed by atoms with van der Waals surface area (Å²) in [6, 6.07) is 5.93. The second-order valence-electron chi connectivity index (χ2n) is 2.60. The van der Waals surface area contributed by atoms with E-state index in [4.69, 9.17) is 11.0 Å². The van der Waals surface area contributed by atoms with E-state index in [0.717, 1.165) is 10.6 Å². The topological polar surface area (TPSA) is 62.7 Å². The first-order chi connectivity index (χ1) is 6.26. The van der Waals surface area contributed by atoms with Gasteiger partial charge in [0.2, 0.25) is 0 Å². The highest BCUT2D eigenvalue weighted by Gasteiger charge is 2.03. The van der Waals surface area contributed by atoms with Crippen LogP contribution in [0.1, 0.15) is 12.5 Å². The van der Waals surface area contributed by atoms with E-state index in [1.165, 1.54) is 11.8 Å². The van der Waals surface area contributed by atoms with E-state index in [-0.39, 0.29) is 5.25 Å². The van der Waals surface area contributed by atoms with Crippen molar-refractivity contribution in [2.45, 2.75) is 23.7 Å². The van der Waals surface area contributed by atoms with Crippen molar-refractivity contribution in [1.29, 1.82) is 5.26 Å². The third-order valence-electron chi connectivity index (χ3n) is 1.51. The number of thioether (sulfide) groups is 1. The second kappa shape index (κ2) is 4.85. The molecule has 4 heteroatoms.